The van der Waals surface area contributed by atoms with Crippen LogP contribution < -0.4 is 5.56 Å². The average molecular weight is 399 g/mol. The molecule has 4 aromatic rings. The number of aromatic nitrogens is 3. The maximum absolute atomic E-state index is 13.0. The molecule has 2 aromatic carbocycles. The van der Waals surface area contributed by atoms with Gasteiger partial charge in [0, 0.05) is 49.2 Å². The van der Waals surface area contributed by atoms with Gasteiger partial charge in [0.2, 0.25) is 0 Å². The molecule has 0 atom stereocenters. The van der Waals surface area contributed by atoms with Gasteiger partial charge in [0.05, 0.1) is 5.69 Å². The number of hydrogen-bond donors (Lipinski definition) is 1. The summed E-state index contributed by atoms with van der Waals surface area (Å²) in [6, 6.07) is 22.1. The summed E-state index contributed by atoms with van der Waals surface area (Å²) in [7, 11) is 2.14. The molecule has 3 heterocycles. The van der Waals surface area contributed by atoms with Crippen molar-refractivity contribution in [2.24, 2.45) is 0 Å². The molecule has 0 unspecified atom stereocenters. The summed E-state index contributed by atoms with van der Waals surface area (Å²) in [6.45, 7) is 4.66. The molecule has 0 bridgehead atoms. The normalized spacial score (nSPS) is 15.6. The summed E-state index contributed by atoms with van der Waals surface area (Å²) in [5, 5.41) is 5.86. The number of likely N-dealkylation sites (N-methyl/N-ethyl adjacent to an activating group) is 1. The van der Waals surface area contributed by atoms with E-state index in [0.717, 1.165) is 59.7 Å². The Morgan fingerprint density at radius 2 is 1.60 bits per heavy atom. The van der Waals surface area contributed by atoms with Gasteiger partial charge in [-0.1, -0.05) is 48.5 Å². The molecule has 1 N–H and O–H groups in total. The molecule has 0 saturated carbocycles. The highest BCUT2D eigenvalue weighted by Gasteiger charge is 2.19. The second-order valence-corrected chi connectivity index (χ2v) is 7.93. The van der Waals surface area contributed by atoms with Gasteiger partial charge in [0.1, 0.15) is 11.3 Å². The van der Waals surface area contributed by atoms with Gasteiger partial charge in [-0.05, 0) is 25.2 Å². The van der Waals surface area contributed by atoms with Crippen LogP contribution in [0.2, 0.25) is 0 Å². The molecule has 1 fully saturated rings. The Morgan fingerprint density at radius 1 is 0.933 bits per heavy atom. The largest absolute Gasteiger partial charge is 0.306 e. The fourth-order valence-corrected chi connectivity index (χ4v) is 4.04. The Morgan fingerprint density at radius 3 is 2.30 bits per heavy atom. The molecule has 2 aromatic heterocycles. The Labute approximate surface area is 175 Å². The molecule has 6 heteroatoms. The number of aromatic amines is 1. The van der Waals surface area contributed by atoms with Crippen molar-refractivity contribution < 1.29 is 0 Å². The van der Waals surface area contributed by atoms with Gasteiger partial charge < -0.3 is 9.88 Å². The topological polar surface area (TPSA) is 57.2 Å². The molecular formula is C24H25N5O. The average Bonchev–Trinajstić information content (AvgIpc) is 3.15. The Bertz CT molecular complexity index is 1210. The van der Waals surface area contributed by atoms with E-state index in [1.54, 1.807) is 0 Å². The molecular weight excluding hydrogens is 374 g/mol. The lowest BCUT2D eigenvalue weighted by atomic mass is 10.1. The van der Waals surface area contributed by atoms with Gasteiger partial charge in [-0.15, -0.1) is 0 Å². The third-order valence-corrected chi connectivity index (χ3v) is 5.80. The predicted octanol–water partition coefficient (Wildman–Crippen LogP) is 3.13. The smallest absolute Gasteiger partial charge is 0.254 e. The minimum absolute atomic E-state index is 0.0434. The van der Waals surface area contributed by atoms with Crippen LogP contribution in [0.25, 0.3) is 28.0 Å². The second-order valence-electron chi connectivity index (χ2n) is 7.93. The van der Waals surface area contributed by atoms with Gasteiger partial charge in [0.15, 0.2) is 0 Å². The van der Waals surface area contributed by atoms with E-state index < -0.39 is 0 Å². The third-order valence-electron chi connectivity index (χ3n) is 5.80. The number of para-hydroxylation sites is 1. The molecule has 1 aliphatic heterocycles. The summed E-state index contributed by atoms with van der Waals surface area (Å²) >= 11 is 0. The number of pyridine rings is 1. The zero-order chi connectivity index (χ0) is 20.5. The summed E-state index contributed by atoms with van der Waals surface area (Å²) in [5.74, 6) is 0. The maximum Gasteiger partial charge on any atom is 0.254 e. The van der Waals surface area contributed by atoms with Gasteiger partial charge >= 0.3 is 0 Å². The van der Waals surface area contributed by atoms with Crippen molar-refractivity contribution in [2.75, 3.05) is 33.2 Å². The zero-order valence-corrected chi connectivity index (χ0v) is 17.1. The van der Waals surface area contributed by atoms with Crippen LogP contribution in [0.15, 0.2) is 71.5 Å². The molecule has 6 nitrogen and oxygen atoms in total. The van der Waals surface area contributed by atoms with Crippen LogP contribution in [-0.4, -0.2) is 57.8 Å². The lowest BCUT2D eigenvalue weighted by molar-refractivity contribution is 0.148. The minimum atomic E-state index is -0.0434. The van der Waals surface area contributed by atoms with Crippen LogP contribution in [0.3, 0.4) is 0 Å². The maximum atomic E-state index is 13.0. The minimum Gasteiger partial charge on any atom is -0.306 e. The molecule has 0 radical (unpaired) electrons. The number of fused-ring (bicyclic) bond motifs is 1. The molecule has 5 rings (SSSR count). The Balaban J connectivity index is 1.63. The highest BCUT2D eigenvalue weighted by Crippen LogP contribution is 2.28. The molecule has 1 saturated heterocycles. The molecule has 0 amide bonds. The SMILES string of the molecule is CN1CCN(Cc2cc3c(-c4ccccc4)nn(-c4ccccc4)c3[nH]c2=O)CC1. The van der Waals surface area contributed by atoms with E-state index in [9.17, 15) is 4.79 Å². The fraction of sp³-hybridized carbons (Fsp3) is 0.250. The van der Waals surface area contributed by atoms with E-state index in [2.05, 4.69) is 34.0 Å². The second kappa shape index (κ2) is 7.89. The van der Waals surface area contributed by atoms with Crippen molar-refractivity contribution in [3.8, 4) is 16.9 Å². The monoisotopic (exact) mass is 399 g/mol. The summed E-state index contributed by atoms with van der Waals surface area (Å²) in [4.78, 5) is 20.8. The first-order valence-corrected chi connectivity index (χ1v) is 10.4. The molecule has 30 heavy (non-hydrogen) atoms. The highest BCUT2D eigenvalue weighted by molar-refractivity contribution is 5.92. The highest BCUT2D eigenvalue weighted by atomic mass is 16.1. The van der Waals surface area contributed by atoms with E-state index in [0.29, 0.717) is 6.54 Å². The number of benzene rings is 2. The molecule has 0 spiro atoms. The number of hydrogen-bond acceptors (Lipinski definition) is 4. The third kappa shape index (κ3) is 3.56. The standard InChI is InChI=1S/C24H25N5O/c1-27-12-14-28(15-13-27)17-19-16-21-22(18-8-4-2-5-9-18)26-29(23(21)25-24(19)30)20-10-6-3-7-11-20/h2-11,16H,12-15,17H2,1H3,(H,25,30). The quantitative estimate of drug-likeness (QED) is 0.573. The predicted molar refractivity (Wildman–Crippen MR) is 120 cm³/mol. The van der Waals surface area contributed by atoms with Crippen molar-refractivity contribution >= 4 is 11.0 Å². The van der Waals surface area contributed by atoms with E-state index in [1.165, 1.54) is 0 Å². The molecule has 152 valence electrons. The summed E-state index contributed by atoms with van der Waals surface area (Å²) < 4.78 is 1.83. The van der Waals surface area contributed by atoms with Crippen LogP contribution in [0.5, 0.6) is 0 Å². The Hall–Kier alpha value is -3.22. The van der Waals surface area contributed by atoms with Crippen LogP contribution in [0.1, 0.15) is 5.56 Å². The summed E-state index contributed by atoms with van der Waals surface area (Å²) in [5.41, 5.74) is 4.31. The molecule has 0 aliphatic carbocycles. The van der Waals surface area contributed by atoms with Gasteiger partial charge in [-0.3, -0.25) is 9.69 Å². The van der Waals surface area contributed by atoms with Crippen molar-refractivity contribution in [1.82, 2.24) is 24.6 Å². The zero-order valence-electron chi connectivity index (χ0n) is 17.1. The van der Waals surface area contributed by atoms with E-state index in [4.69, 9.17) is 5.10 Å². The summed E-state index contributed by atoms with van der Waals surface area (Å²) in [6.07, 6.45) is 0. The fourth-order valence-electron chi connectivity index (χ4n) is 4.04. The van der Waals surface area contributed by atoms with Crippen LogP contribution in [0.4, 0.5) is 0 Å². The molecule has 1 aliphatic rings. The Kier molecular flexibility index (Phi) is 4.94. The van der Waals surface area contributed by atoms with E-state index in [-0.39, 0.29) is 5.56 Å². The van der Waals surface area contributed by atoms with Gasteiger partial charge in [-0.25, -0.2) is 4.68 Å². The van der Waals surface area contributed by atoms with Crippen LogP contribution in [0, 0.1) is 0 Å². The van der Waals surface area contributed by atoms with Crippen molar-refractivity contribution in [3.05, 3.63) is 82.6 Å². The lowest BCUT2D eigenvalue weighted by Crippen LogP contribution is -2.44. The van der Waals surface area contributed by atoms with Crippen molar-refractivity contribution in [1.29, 1.82) is 0 Å². The first-order chi connectivity index (χ1) is 14.7. The number of rotatable bonds is 4. The number of H-pyrrole nitrogens is 1. The lowest BCUT2D eigenvalue weighted by Gasteiger charge is -2.32. The van der Waals surface area contributed by atoms with Crippen LogP contribution >= 0.6 is 0 Å². The number of nitrogens with zero attached hydrogens (tertiary/aromatic N) is 4. The van der Waals surface area contributed by atoms with E-state index >= 15 is 0 Å². The van der Waals surface area contributed by atoms with Crippen LogP contribution in [-0.2, 0) is 6.54 Å². The van der Waals surface area contributed by atoms with Gasteiger partial charge in [0.25, 0.3) is 5.56 Å². The number of nitrogens with one attached hydrogen (secondary N) is 1. The first-order valence-electron chi connectivity index (χ1n) is 10.4. The van der Waals surface area contributed by atoms with Crippen molar-refractivity contribution in [3.63, 3.8) is 0 Å². The van der Waals surface area contributed by atoms with Gasteiger partial charge in [-0.2, -0.15) is 5.10 Å². The van der Waals surface area contributed by atoms with E-state index in [1.807, 2.05) is 59.3 Å². The first kappa shape index (κ1) is 18.8. The van der Waals surface area contributed by atoms with Crippen molar-refractivity contribution in [2.45, 2.75) is 6.54 Å². The number of piperazine rings is 1.